The van der Waals surface area contributed by atoms with Gasteiger partial charge in [0.1, 0.15) is 29.7 Å². The second kappa shape index (κ2) is 11.9. The van der Waals surface area contributed by atoms with Gasteiger partial charge >= 0.3 is 6.18 Å². The summed E-state index contributed by atoms with van der Waals surface area (Å²) >= 11 is 0. The number of halogens is 6. The summed E-state index contributed by atoms with van der Waals surface area (Å²) in [5, 5.41) is 8.88. The molecule has 2 aromatic heterocycles. The van der Waals surface area contributed by atoms with Crippen molar-refractivity contribution in [1.82, 2.24) is 25.4 Å². The van der Waals surface area contributed by atoms with Gasteiger partial charge in [-0.2, -0.15) is 18.3 Å². The Bertz CT molecular complexity index is 1680. The van der Waals surface area contributed by atoms with Gasteiger partial charge in [-0.15, -0.1) is 0 Å². The number of carbonyl (C=O) groups excluding carboxylic acids is 2. The van der Waals surface area contributed by atoms with Crippen molar-refractivity contribution in [2.45, 2.75) is 38.4 Å². The monoisotopic (exact) mass is 603 g/mol. The van der Waals surface area contributed by atoms with Crippen molar-refractivity contribution in [1.29, 1.82) is 0 Å². The summed E-state index contributed by atoms with van der Waals surface area (Å²) in [6.45, 7) is -1.25. The van der Waals surface area contributed by atoms with Crippen LogP contribution in [0.2, 0.25) is 0 Å². The third kappa shape index (κ3) is 6.38. The van der Waals surface area contributed by atoms with Crippen LogP contribution in [-0.2, 0) is 41.9 Å². The minimum Gasteiger partial charge on any atom is -0.370 e. The lowest BCUT2D eigenvalue weighted by molar-refractivity contribution is -0.146. The summed E-state index contributed by atoms with van der Waals surface area (Å²) in [5.41, 5.74) is -0.511. The number of hydrogen-bond donors (Lipinski definition) is 2. The first-order chi connectivity index (χ1) is 20.4. The van der Waals surface area contributed by atoms with Crippen LogP contribution in [0, 0.1) is 17.5 Å². The molecule has 0 saturated carbocycles. The lowest BCUT2D eigenvalue weighted by Crippen LogP contribution is -2.35. The average Bonchev–Trinajstić information content (AvgIpc) is 3.52. The Hall–Kier alpha value is -4.72. The van der Waals surface area contributed by atoms with Crippen LogP contribution in [0.25, 0.3) is 11.1 Å². The molecule has 8 nitrogen and oxygen atoms in total. The van der Waals surface area contributed by atoms with E-state index in [0.717, 1.165) is 18.2 Å². The van der Waals surface area contributed by atoms with Crippen molar-refractivity contribution >= 4 is 11.8 Å². The van der Waals surface area contributed by atoms with Gasteiger partial charge < -0.3 is 15.4 Å². The van der Waals surface area contributed by atoms with Crippen molar-refractivity contribution < 1.29 is 40.7 Å². The first-order valence-electron chi connectivity index (χ1n) is 12.9. The highest BCUT2D eigenvalue weighted by atomic mass is 19.4. The van der Waals surface area contributed by atoms with E-state index in [1.165, 1.54) is 25.4 Å². The number of fused-ring (bicyclic) bond motifs is 1. The van der Waals surface area contributed by atoms with Crippen LogP contribution in [0.3, 0.4) is 0 Å². The summed E-state index contributed by atoms with van der Waals surface area (Å²) in [7, 11) is 1.33. The molecule has 0 saturated heterocycles. The maximum absolute atomic E-state index is 14.4. The Balaban J connectivity index is 1.53. The summed E-state index contributed by atoms with van der Waals surface area (Å²) in [4.78, 5) is 29.8. The fourth-order valence-electron chi connectivity index (χ4n) is 5.00. The predicted octanol–water partition coefficient (Wildman–Crippen LogP) is 4.87. The first-order valence-corrected chi connectivity index (χ1v) is 12.9. The molecule has 0 fully saturated rings. The molecule has 0 unspecified atom stereocenters. The van der Waals surface area contributed by atoms with Crippen LogP contribution in [0.4, 0.5) is 26.3 Å². The van der Waals surface area contributed by atoms with E-state index in [0.29, 0.717) is 21.9 Å². The van der Waals surface area contributed by atoms with Crippen molar-refractivity contribution in [2.75, 3.05) is 7.05 Å². The van der Waals surface area contributed by atoms with E-state index in [-0.39, 0.29) is 47.7 Å². The lowest BCUT2D eigenvalue weighted by atomic mass is 9.94. The van der Waals surface area contributed by atoms with E-state index < -0.39 is 53.7 Å². The number of ether oxygens (including phenoxy) is 1. The van der Waals surface area contributed by atoms with E-state index in [1.807, 2.05) is 0 Å². The zero-order valence-corrected chi connectivity index (χ0v) is 22.4. The van der Waals surface area contributed by atoms with Crippen molar-refractivity contribution in [3.05, 3.63) is 106 Å². The van der Waals surface area contributed by atoms with E-state index in [1.54, 1.807) is 12.1 Å². The van der Waals surface area contributed by atoms with E-state index in [9.17, 15) is 35.9 Å². The second-order valence-electron chi connectivity index (χ2n) is 9.73. The van der Waals surface area contributed by atoms with Gasteiger partial charge in [0.2, 0.25) is 5.91 Å². The van der Waals surface area contributed by atoms with Crippen molar-refractivity contribution in [2.24, 2.45) is 0 Å². The second-order valence-corrected chi connectivity index (χ2v) is 9.73. The molecule has 43 heavy (non-hydrogen) atoms. The third-order valence-corrected chi connectivity index (χ3v) is 6.80. The number of amides is 2. The molecule has 1 aliphatic rings. The summed E-state index contributed by atoms with van der Waals surface area (Å²) in [5.74, 6) is -4.12. The summed E-state index contributed by atoms with van der Waals surface area (Å²) < 4.78 is 89.8. The quantitative estimate of drug-likeness (QED) is 0.280. The van der Waals surface area contributed by atoms with Crippen molar-refractivity contribution in [3.8, 4) is 11.1 Å². The summed E-state index contributed by atoms with van der Waals surface area (Å²) in [6.07, 6.45) is -3.65. The molecular weight excluding hydrogens is 580 g/mol. The molecule has 1 atom stereocenters. The van der Waals surface area contributed by atoms with Gasteiger partial charge in [0.05, 0.1) is 36.2 Å². The molecule has 2 aromatic carbocycles. The molecule has 224 valence electrons. The molecule has 5 rings (SSSR count). The molecule has 4 aromatic rings. The van der Waals surface area contributed by atoms with Gasteiger partial charge in [0.25, 0.3) is 5.91 Å². The molecule has 0 aliphatic carbocycles. The van der Waals surface area contributed by atoms with E-state index in [4.69, 9.17) is 4.74 Å². The lowest BCUT2D eigenvalue weighted by Gasteiger charge is -2.22. The zero-order chi connectivity index (χ0) is 30.9. The first kappa shape index (κ1) is 29.8. The number of alkyl halides is 3. The number of benzene rings is 2. The Labute approximate surface area is 240 Å². The standard InChI is InChI=1S/C29H23F6N5O3/c1-36-28(42)20-10-16(4-5-22(20)32)19-3-2-6-37-26(19)23(9-15-7-17(30)11-18(31)8-15)38-25(41)12-40-27(29(33,34)35)21-13-43-14-24(21)39-40/h2-8,10-11,23H,9,12-14H2,1H3,(H,36,42)(H,38,41)/t23-/m0/s1. The predicted molar refractivity (Wildman–Crippen MR) is 140 cm³/mol. The highest BCUT2D eigenvalue weighted by Crippen LogP contribution is 2.36. The Kier molecular flexibility index (Phi) is 8.22. The normalized spacial score (nSPS) is 13.5. The van der Waals surface area contributed by atoms with Crippen LogP contribution >= 0.6 is 0 Å². The maximum Gasteiger partial charge on any atom is 0.433 e. The SMILES string of the molecule is CNC(=O)c1cc(-c2cccnc2[C@H](Cc2cc(F)cc(F)c2)NC(=O)Cn2nc3c(c2C(F)(F)F)COC3)ccc1F. The number of rotatable bonds is 8. The Morgan fingerprint density at radius 2 is 1.79 bits per heavy atom. The van der Waals surface area contributed by atoms with Gasteiger partial charge in [-0.25, -0.2) is 13.2 Å². The largest absolute Gasteiger partial charge is 0.433 e. The molecule has 2 amide bonds. The third-order valence-electron chi connectivity index (χ3n) is 6.80. The van der Waals surface area contributed by atoms with Crippen LogP contribution in [0.15, 0.2) is 54.7 Å². The maximum atomic E-state index is 14.4. The minimum absolute atomic E-state index is 0.0714. The van der Waals surface area contributed by atoms with Gasteiger partial charge in [-0.3, -0.25) is 19.3 Å². The number of aromatic nitrogens is 3. The minimum atomic E-state index is -4.81. The van der Waals surface area contributed by atoms with Crippen LogP contribution < -0.4 is 10.6 Å². The molecule has 1 aliphatic heterocycles. The molecule has 0 spiro atoms. The molecule has 14 heteroatoms. The molecule has 0 radical (unpaired) electrons. The fraction of sp³-hybridized carbons (Fsp3) is 0.241. The molecule has 3 heterocycles. The fourth-order valence-corrected chi connectivity index (χ4v) is 5.00. The average molecular weight is 604 g/mol. The Morgan fingerprint density at radius 3 is 2.49 bits per heavy atom. The smallest absolute Gasteiger partial charge is 0.370 e. The number of nitrogens with one attached hydrogen (secondary N) is 2. The van der Waals surface area contributed by atoms with Crippen LogP contribution in [0.5, 0.6) is 0 Å². The molecular formula is C29H23F6N5O3. The number of hydrogen-bond acceptors (Lipinski definition) is 5. The van der Waals surface area contributed by atoms with Gasteiger partial charge in [0.15, 0.2) is 0 Å². The van der Waals surface area contributed by atoms with Gasteiger partial charge in [0, 0.05) is 30.4 Å². The van der Waals surface area contributed by atoms with E-state index in [2.05, 4.69) is 20.7 Å². The van der Waals surface area contributed by atoms with Crippen molar-refractivity contribution in [3.63, 3.8) is 0 Å². The number of carbonyl (C=O) groups is 2. The topological polar surface area (TPSA) is 98.1 Å². The van der Waals surface area contributed by atoms with Gasteiger partial charge in [-0.05, 0) is 47.9 Å². The molecule has 2 N–H and O–H groups in total. The van der Waals surface area contributed by atoms with E-state index >= 15 is 0 Å². The highest BCUT2D eigenvalue weighted by molar-refractivity contribution is 5.95. The molecule has 0 bridgehead atoms. The van der Waals surface area contributed by atoms with Gasteiger partial charge in [-0.1, -0.05) is 12.1 Å². The Morgan fingerprint density at radius 1 is 1.05 bits per heavy atom. The summed E-state index contributed by atoms with van der Waals surface area (Å²) in [6, 6.07) is 8.49. The highest BCUT2D eigenvalue weighted by Gasteiger charge is 2.41. The number of pyridine rings is 1. The van der Waals surface area contributed by atoms with Crippen LogP contribution in [0.1, 0.15) is 44.6 Å². The zero-order valence-electron chi connectivity index (χ0n) is 22.4. The van der Waals surface area contributed by atoms with Crippen LogP contribution in [-0.4, -0.2) is 33.6 Å². The number of nitrogens with zero attached hydrogens (tertiary/aromatic N) is 3.